The Morgan fingerprint density at radius 3 is 2.91 bits per heavy atom. The lowest BCUT2D eigenvalue weighted by Crippen LogP contribution is -2.27. The van der Waals surface area contributed by atoms with Crippen LogP contribution in [0.4, 0.5) is 0 Å². The van der Waals surface area contributed by atoms with E-state index in [-0.39, 0.29) is 19.3 Å². The predicted octanol–water partition coefficient (Wildman–Crippen LogP) is 3.77. The number of rotatable bonds is 6. The Hall–Kier alpha value is -2.45. The highest BCUT2D eigenvalue weighted by atomic mass is 35.5. The van der Waals surface area contributed by atoms with Crippen LogP contribution in [-0.4, -0.2) is 41.8 Å². The number of nitrogens with zero attached hydrogens (tertiary/aromatic N) is 2. The lowest BCUT2D eigenvalue weighted by molar-refractivity contribution is 0.0633. The molecule has 1 aliphatic carbocycles. The van der Waals surface area contributed by atoms with Crippen molar-refractivity contribution in [3.05, 3.63) is 62.6 Å². The van der Waals surface area contributed by atoms with Crippen molar-refractivity contribution in [1.82, 2.24) is 10.5 Å². The highest BCUT2D eigenvalue weighted by molar-refractivity contribution is 6.31. The third-order valence-electron chi connectivity index (χ3n) is 7.04. The summed E-state index contributed by atoms with van der Waals surface area (Å²) >= 11 is 6.54. The molecular formula is C25H28ClN3O4. The van der Waals surface area contributed by atoms with E-state index in [0.717, 1.165) is 70.2 Å². The number of benzene rings is 1. The molecule has 0 amide bonds. The van der Waals surface area contributed by atoms with Gasteiger partial charge in [0, 0.05) is 65.2 Å². The van der Waals surface area contributed by atoms with Crippen LogP contribution in [0.15, 0.2) is 39.0 Å². The van der Waals surface area contributed by atoms with Crippen LogP contribution in [0.5, 0.6) is 5.75 Å². The predicted molar refractivity (Wildman–Crippen MR) is 127 cm³/mol. The average Bonchev–Trinajstić information content (AvgIpc) is 3.54. The van der Waals surface area contributed by atoms with Crippen LogP contribution >= 0.6 is 11.6 Å². The maximum atomic E-state index is 9.97. The quantitative estimate of drug-likeness (QED) is 0.557. The van der Waals surface area contributed by atoms with Gasteiger partial charge in [-0.25, -0.2) is 0 Å². The van der Waals surface area contributed by atoms with E-state index in [2.05, 4.69) is 22.2 Å². The van der Waals surface area contributed by atoms with E-state index in [4.69, 9.17) is 20.9 Å². The third kappa shape index (κ3) is 3.73. The minimum absolute atomic E-state index is 0.125. The van der Waals surface area contributed by atoms with Gasteiger partial charge in [0.25, 0.3) is 0 Å². The van der Waals surface area contributed by atoms with Crippen molar-refractivity contribution in [2.24, 2.45) is 10.4 Å². The number of aliphatic imine (C=N–C) groups is 1. The minimum Gasteiger partial charge on any atom is -0.481 e. The molecule has 8 heteroatoms. The molecule has 0 saturated carbocycles. The van der Waals surface area contributed by atoms with Crippen molar-refractivity contribution >= 4 is 23.9 Å². The lowest BCUT2D eigenvalue weighted by atomic mass is 9.84. The van der Waals surface area contributed by atoms with Crippen LogP contribution in [0.25, 0.3) is 5.57 Å². The number of hydrogen-bond acceptors (Lipinski definition) is 7. The number of allylic oxidation sites excluding steroid dienone is 4. The van der Waals surface area contributed by atoms with Gasteiger partial charge in [0.2, 0.25) is 0 Å². The molecule has 1 unspecified atom stereocenters. The Morgan fingerprint density at radius 2 is 2.18 bits per heavy atom. The molecule has 0 bridgehead atoms. The molecule has 1 aromatic heterocycles. The normalized spacial score (nSPS) is 21.7. The van der Waals surface area contributed by atoms with Gasteiger partial charge in [-0.3, -0.25) is 4.99 Å². The second kappa shape index (κ2) is 8.72. The lowest BCUT2D eigenvalue weighted by Gasteiger charge is -2.24. The summed E-state index contributed by atoms with van der Waals surface area (Å²) in [6.07, 6.45) is 4.20. The summed E-state index contributed by atoms with van der Waals surface area (Å²) in [5, 5.41) is 28.2. The number of hydrogen-bond donors (Lipinski definition) is 3. The molecule has 0 fully saturated rings. The van der Waals surface area contributed by atoms with Gasteiger partial charge in [-0.05, 0) is 43.3 Å². The molecule has 5 rings (SSSR count). The molecule has 2 aliphatic heterocycles. The van der Waals surface area contributed by atoms with E-state index in [0.29, 0.717) is 24.3 Å². The summed E-state index contributed by atoms with van der Waals surface area (Å²) in [5.41, 5.74) is 6.00. The van der Waals surface area contributed by atoms with Gasteiger partial charge in [-0.2, -0.15) is 0 Å². The fourth-order valence-corrected chi connectivity index (χ4v) is 5.50. The first-order chi connectivity index (χ1) is 16.0. The van der Waals surface area contributed by atoms with Gasteiger partial charge in [-0.1, -0.05) is 22.8 Å². The third-order valence-corrected chi connectivity index (χ3v) is 7.26. The Morgan fingerprint density at radius 1 is 1.36 bits per heavy atom. The van der Waals surface area contributed by atoms with Gasteiger partial charge < -0.3 is 24.8 Å². The van der Waals surface area contributed by atoms with Gasteiger partial charge in [0.05, 0.1) is 18.9 Å². The number of ether oxygens (including phenoxy) is 1. The zero-order chi connectivity index (χ0) is 23.2. The fraction of sp³-hybridized carbons (Fsp3) is 0.440. The first-order valence-corrected chi connectivity index (χ1v) is 11.6. The number of aliphatic hydroxyl groups excluding tert-OH is 2. The molecule has 1 aromatic carbocycles. The SMILES string of the molecule is C=NC1=C(/C(=C\C)c2cc(Cl)cc3c2OC(c2onc4c2CNCC4)C3)CC(CO)(CO)C1. The number of aromatic nitrogens is 1. The topological polar surface area (TPSA) is 100 Å². The van der Waals surface area contributed by atoms with Crippen molar-refractivity contribution in [2.45, 2.75) is 45.3 Å². The van der Waals surface area contributed by atoms with Gasteiger partial charge in [0.1, 0.15) is 5.75 Å². The molecule has 3 heterocycles. The number of aliphatic hydroxyl groups is 2. The van der Waals surface area contributed by atoms with Crippen LogP contribution in [0.3, 0.4) is 0 Å². The molecule has 7 nitrogen and oxygen atoms in total. The van der Waals surface area contributed by atoms with Crippen molar-refractivity contribution in [1.29, 1.82) is 0 Å². The number of fused-ring (bicyclic) bond motifs is 2. The molecule has 3 aliphatic rings. The van der Waals surface area contributed by atoms with Crippen molar-refractivity contribution in [3.8, 4) is 5.75 Å². The van der Waals surface area contributed by atoms with E-state index in [1.165, 1.54) is 0 Å². The van der Waals surface area contributed by atoms with Crippen LogP contribution in [0.1, 0.15) is 54.0 Å². The van der Waals surface area contributed by atoms with Crippen LogP contribution in [-0.2, 0) is 19.4 Å². The maximum absolute atomic E-state index is 9.97. The van der Waals surface area contributed by atoms with E-state index in [1.54, 1.807) is 0 Å². The first kappa shape index (κ1) is 22.3. The van der Waals surface area contributed by atoms with E-state index in [1.807, 2.05) is 25.1 Å². The molecule has 3 N–H and O–H groups in total. The Labute approximate surface area is 197 Å². The Balaban J connectivity index is 1.53. The molecule has 0 radical (unpaired) electrons. The highest BCUT2D eigenvalue weighted by Gasteiger charge is 2.40. The molecule has 0 saturated heterocycles. The molecule has 174 valence electrons. The summed E-state index contributed by atoms with van der Waals surface area (Å²) in [7, 11) is 0. The number of halogens is 1. The maximum Gasteiger partial charge on any atom is 0.182 e. The number of nitrogens with one attached hydrogen (secondary N) is 1. The van der Waals surface area contributed by atoms with Crippen LogP contribution in [0.2, 0.25) is 5.02 Å². The summed E-state index contributed by atoms with van der Waals surface area (Å²) < 4.78 is 12.2. The monoisotopic (exact) mass is 469 g/mol. The molecule has 33 heavy (non-hydrogen) atoms. The van der Waals surface area contributed by atoms with Crippen LogP contribution < -0.4 is 10.1 Å². The van der Waals surface area contributed by atoms with E-state index < -0.39 is 5.41 Å². The Kier molecular flexibility index (Phi) is 5.91. The first-order valence-electron chi connectivity index (χ1n) is 11.3. The smallest absolute Gasteiger partial charge is 0.182 e. The second-order valence-corrected chi connectivity index (χ2v) is 9.54. The zero-order valence-corrected chi connectivity index (χ0v) is 19.4. The zero-order valence-electron chi connectivity index (χ0n) is 18.7. The van der Waals surface area contributed by atoms with Crippen LogP contribution in [0, 0.1) is 5.41 Å². The Bertz CT molecular complexity index is 1160. The van der Waals surface area contributed by atoms with Crippen molar-refractivity contribution in [2.75, 3.05) is 19.8 Å². The van der Waals surface area contributed by atoms with Gasteiger partial charge in [0.15, 0.2) is 11.9 Å². The standard InChI is InChI=1S/C25H28ClN3O4/c1-3-16(18-9-25(12-30,13-31)10-21(18)27-2)17-8-15(26)6-14-7-22(32-23(14)17)24-19-11-28-5-4-20(19)29-33-24/h3,6,8,22,28,30-31H,2,4-5,7,9-13H2,1H3/b16-3-. The molecule has 0 spiro atoms. The summed E-state index contributed by atoms with van der Waals surface area (Å²) in [6.45, 7) is 7.06. The fourth-order valence-electron chi connectivity index (χ4n) is 5.26. The summed E-state index contributed by atoms with van der Waals surface area (Å²) in [4.78, 5) is 4.24. The van der Waals surface area contributed by atoms with Gasteiger partial charge >= 0.3 is 0 Å². The van der Waals surface area contributed by atoms with E-state index >= 15 is 0 Å². The average molecular weight is 470 g/mol. The van der Waals surface area contributed by atoms with Crippen molar-refractivity contribution in [3.63, 3.8) is 0 Å². The minimum atomic E-state index is -0.642. The second-order valence-electron chi connectivity index (χ2n) is 9.11. The molecule has 2 aromatic rings. The summed E-state index contributed by atoms with van der Waals surface area (Å²) in [5.74, 6) is 1.54. The highest BCUT2D eigenvalue weighted by Crippen LogP contribution is 2.51. The molecule has 1 atom stereocenters. The van der Waals surface area contributed by atoms with E-state index in [9.17, 15) is 10.2 Å². The summed E-state index contributed by atoms with van der Waals surface area (Å²) in [6, 6.07) is 3.84. The van der Waals surface area contributed by atoms with Gasteiger partial charge in [-0.15, -0.1) is 0 Å². The van der Waals surface area contributed by atoms with Crippen molar-refractivity contribution < 1.29 is 19.5 Å². The molecular weight excluding hydrogens is 442 g/mol. The largest absolute Gasteiger partial charge is 0.481 e.